The summed E-state index contributed by atoms with van der Waals surface area (Å²) in [5.74, 6) is 2.49. The van der Waals surface area contributed by atoms with Gasteiger partial charge in [0.25, 0.3) is 0 Å². The van der Waals surface area contributed by atoms with E-state index in [9.17, 15) is 0 Å². The summed E-state index contributed by atoms with van der Waals surface area (Å²) in [5.41, 5.74) is 5.36. The van der Waals surface area contributed by atoms with Gasteiger partial charge in [0.05, 0.1) is 0 Å². The topological polar surface area (TPSA) is 60.7 Å². The summed E-state index contributed by atoms with van der Waals surface area (Å²) in [7, 11) is 0. The molecule has 1 fully saturated rings. The molecule has 2 aliphatic heterocycles. The van der Waals surface area contributed by atoms with Crippen LogP contribution in [0.3, 0.4) is 0 Å². The third-order valence-electron chi connectivity index (χ3n) is 6.60. The minimum absolute atomic E-state index is 0.583. The lowest BCUT2D eigenvalue weighted by Crippen LogP contribution is -2.46. The van der Waals surface area contributed by atoms with Crippen molar-refractivity contribution in [2.45, 2.75) is 26.8 Å². The predicted molar refractivity (Wildman–Crippen MR) is 136 cm³/mol. The van der Waals surface area contributed by atoms with E-state index in [4.69, 9.17) is 9.40 Å². The highest BCUT2D eigenvalue weighted by Gasteiger charge is 2.22. The number of furan rings is 1. The molecule has 5 rings (SSSR count). The van der Waals surface area contributed by atoms with Gasteiger partial charge in [-0.25, -0.2) is 14.3 Å². The molecule has 4 heterocycles. The number of piperazine rings is 1. The highest BCUT2D eigenvalue weighted by Crippen LogP contribution is 2.32. The summed E-state index contributed by atoms with van der Waals surface area (Å²) in [5, 5.41) is 3.36. The molecular weight excluding hydrogens is 432 g/mol. The molecular formula is C25H32N6OS. The number of anilines is 3. The van der Waals surface area contributed by atoms with Crippen LogP contribution in [-0.2, 0) is 13.0 Å². The Balaban J connectivity index is 1.30. The first-order valence-corrected chi connectivity index (χ1v) is 12.9. The van der Waals surface area contributed by atoms with Gasteiger partial charge in [0.1, 0.15) is 11.5 Å². The SMILES string of the molecule is CCN1CCN(c2ccc(Nc3ncc(C)c(-c4cc5c(o4)CCN(SC)C5)n3)cc2)CC1. The largest absolute Gasteiger partial charge is 0.459 e. The maximum absolute atomic E-state index is 6.21. The van der Waals surface area contributed by atoms with Crippen molar-refractivity contribution >= 4 is 29.3 Å². The van der Waals surface area contributed by atoms with E-state index in [0.717, 1.165) is 80.7 Å². The number of likely N-dealkylation sites (N-methyl/N-ethyl adjacent to an activating group) is 1. The summed E-state index contributed by atoms with van der Waals surface area (Å²) >= 11 is 1.78. The Hall–Kier alpha value is -2.55. The van der Waals surface area contributed by atoms with Crippen molar-refractivity contribution < 1.29 is 4.42 Å². The average molecular weight is 465 g/mol. The number of rotatable bonds is 6. The molecule has 1 saturated heterocycles. The Morgan fingerprint density at radius 1 is 1.09 bits per heavy atom. The lowest BCUT2D eigenvalue weighted by atomic mass is 10.1. The Labute approximate surface area is 200 Å². The minimum Gasteiger partial charge on any atom is -0.459 e. The molecule has 0 radical (unpaired) electrons. The van der Waals surface area contributed by atoms with Crippen LogP contribution in [0.25, 0.3) is 11.5 Å². The fourth-order valence-corrected chi connectivity index (χ4v) is 5.08. The Morgan fingerprint density at radius 3 is 2.61 bits per heavy atom. The van der Waals surface area contributed by atoms with Crippen LogP contribution in [0, 0.1) is 6.92 Å². The number of nitrogens with zero attached hydrogens (tertiary/aromatic N) is 5. The second-order valence-corrected chi connectivity index (χ2v) is 9.56. The van der Waals surface area contributed by atoms with Gasteiger partial charge in [-0.05, 0) is 55.6 Å². The molecule has 174 valence electrons. The third kappa shape index (κ3) is 4.88. The van der Waals surface area contributed by atoms with Crippen molar-refractivity contribution in [3.05, 3.63) is 53.4 Å². The molecule has 1 aromatic carbocycles. The van der Waals surface area contributed by atoms with Crippen molar-refractivity contribution in [3.8, 4) is 11.5 Å². The zero-order valence-electron chi connectivity index (χ0n) is 19.7. The second-order valence-electron chi connectivity index (χ2n) is 8.67. The van der Waals surface area contributed by atoms with Crippen LogP contribution in [0.5, 0.6) is 0 Å². The van der Waals surface area contributed by atoms with Crippen LogP contribution in [-0.4, -0.2) is 64.7 Å². The number of hydrogen-bond donors (Lipinski definition) is 1. The molecule has 0 amide bonds. The fraction of sp³-hybridized carbons (Fsp3) is 0.440. The monoisotopic (exact) mass is 464 g/mol. The fourth-order valence-electron chi connectivity index (χ4n) is 4.54. The van der Waals surface area contributed by atoms with Gasteiger partial charge in [-0.1, -0.05) is 18.9 Å². The zero-order chi connectivity index (χ0) is 22.8. The maximum Gasteiger partial charge on any atom is 0.227 e. The van der Waals surface area contributed by atoms with Gasteiger partial charge in [-0.15, -0.1) is 0 Å². The van der Waals surface area contributed by atoms with E-state index in [-0.39, 0.29) is 0 Å². The van der Waals surface area contributed by atoms with Gasteiger partial charge >= 0.3 is 0 Å². The first-order chi connectivity index (χ1) is 16.1. The van der Waals surface area contributed by atoms with E-state index in [1.807, 2.05) is 13.1 Å². The highest BCUT2D eigenvalue weighted by molar-refractivity contribution is 7.96. The van der Waals surface area contributed by atoms with Crippen molar-refractivity contribution in [3.63, 3.8) is 0 Å². The van der Waals surface area contributed by atoms with Crippen LogP contribution in [0.15, 0.2) is 40.9 Å². The molecule has 0 atom stereocenters. The number of hydrogen-bond acceptors (Lipinski definition) is 8. The van der Waals surface area contributed by atoms with Crippen molar-refractivity contribution in [2.24, 2.45) is 0 Å². The van der Waals surface area contributed by atoms with Gasteiger partial charge in [0.2, 0.25) is 5.95 Å². The summed E-state index contributed by atoms with van der Waals surface area (Å²) < 4.78 is 8.56. The normalized spacial score (nSPS) is 17.2. The lowest BCUT2D eigenvalue weighted by molar-refractivity contribution is 0.271. The van der Waals surface area contributed by atoms with Gasteiger partial charge in [0, 0.05) is 68.8 Å². The molecule has 0 aliphatic carbocycles. The maximum atomic E-state index is 6.21. The molecule has 3 aromatic rings. The molecule has 0 bridgehead atoms. The van der Waals surface area contributed by atoms with Crippen LogP contribution in [0.1, 0.15) is 23.8 Å². The Kier molecular flexibility index (Phi) is 6.57. The first kappa shape index (κ1) is 22.3. The molecule has 0 unspecified atom stereocenters. The van der Waals surface area contributed by atoms with E-state index in [1.165, 1.54) is 11.3 Å². The van der Waals surface area contributed by atoms with Crippen LogP contribution in [0.2, 0.25) is 0 Å². The zero-order valence-corrected chi connectivity index (χ0v) is 20.5. The molecule has 33 heavy (non-hydrogen) atoms. The summed E-state index contributed by atoms with van der Waals surface area (Å²) in [6.45, 7) is 11.7. The average Bonchev–Trinajstić information content (AvgIpc) is 3.29. The number of fused-ring (bicyclic) bond motifs is 1. The summed E-state index contributed by atoms with van der Waals surface area (Å²) in [4.78, 5) is 14.2. The van der Waals surface area contributed by atoms with E-state index in [2.05, 4.69) is 67.9 Å². The highest BCUT2D eigenvalue weighted by atomic mass is 32.2. The number of aromatic nitrogens is 2. The third-order valence-corrected chi connectivity index (χ3v) is 7.43. The van der Waals surface area contributed by atoms with Crippen molar-refractivity contribution in [2.75, 3.05) is 55.7 Å². The van der Waals surface area contributed by atoms with E-state index >= 15 is 0 Å². The molecule has 7 nitrogen and oxygen atoms in total. The van der Waals surface area contributed by atoms with Gasteiger partial charge in [0.15, 0.2) is 5.76 Å². The smallest absolute Gasteiger partial charge is 0.227 e. The van der Waals surface area contributed by atoms with Crippen LogP contribution >= 0.6 is 11.9 Å². The molecule has 1 N–H and O–H groups in total. The standard InChI is InChI=1S/C25H32N6OS/c1-4-29-11-13-30(14-12-29)21-7-5-20(6-8-21)27-25-26-16-18(2)24(28-25)23-15-19-17-31(33-3)10-9-22(19)32-23/h5-8,15-16H,4,9-14,17H2,1-3H3,(H,26,27,28). The van der Waals surface area contributed by atoms with Crippen molar-refractivity contribution in [1.29, 1.82) is 0 Å². The Bertz CT molecular complexity index is 1090. The molecule has 2 aromatic heterocycles. The number of benzene rings is 1. The number of nitrogens with one attached hydrogen (secondary N) is 1. The molecule has 0 saturated carbocycles. The van der Waals surface area contributed by atoms with Crippen LogP contribution < -0.4 is 10.2 Å². The predicted octanol–water partition coefficient (Wildman–Crippen LogP) is 4.57. The minimum atomic E-state index is 0.583. The molecule has 8 heteroatoms. The summed E-state index contributed by atoms with van der Waals surface area (Å²) in [6.07, 6.45) is 4.92. The quantitative estimate of drug-likeness (QED) is 0.533. The van der Waals surface area contributed by atoms with Gasteiger partial charge in [-0.3, -0.25) is 0 Å². The van der Waals surface area contributed by atoms with E-state index in [1.54, 1.807) is 11.9 Å². The summed E-state index contributed by atoms with van der Waals surface area (Å²) in [6, 6.07) is 10.7. The number of aryl methyl sites for hydroxylation is 1. The van der Waals surface area contributed by atoms with Gasteiger partial charge < -0.3 is 19.5 Å². The second kappa shape index (κ2) is 9.75. The lowest BCUT2D eigenvalue weighted by Gasteiger charge is -2.35. The van der Waals surface area contributed by atoms with E-state index < -0.39 is 0 Å². The Morgan fingerprint density at radius 2 is 1.88 bits per heavy atom. The molecule has 0 spiro atoms. The van der Waals surface area contributed by atoms with Crippen LogP contribution in [0.4, 0.5) is 17.3 Å². The first-order valence-electron chi connectivity index (χ1n) is 11.7. The van der Waals surface area contributed by atoms with Crippen molar-refractivity contribution in [1.82, 2.24) is 19.2 Å². The van der Waals surface area contributed by atoms with E-state index in [0.29, 0.717) is 5.95 Å². The van der Waals surface area contributed by atoms with Gasteiger partial charge in [-0.2, -0.15) is 0 Å². The molecule has 2 aliphatic rings.